The lowest BCUT2D eigenvalue weighted by Gasteiger charge is -2.17. The molecule has 1 heterocycles. The van der Waals surface area contributed by atoms with E-state index in [4.69, 9.17) is 9.47 Å². The van der Waals surface area contributed by atoms with E-state index in [0.29, 0.717) is 11.1 Å². The van der Waals surface area contributed by atoms with E-state index in [1.807, 2.05) is 48.5 Å². The summed E-state index contributed by atoms with van der Waals surface area (Å²) in [5.41, 5.74) is 1.57. The van der Waals surface area contributed by atoms with Crippen LogP contribution < -0.4 is 10.3 Å². The zero-order chi connectivity index (χ0) is 16.4. The van der Waals surface area contributed by atoms with Crippen LogP contribution in [0.5, 0.6) is 5.75 Å². The maximum Gasteiger partial charge on any atom is 0.258 e. The van der Waals surface area contributed by atoms with Gasteiger partial charge < -0.3 is 14.0 Å². The fourth-order valence-corrected chi connectivity index (χ4v) is 3.45. The summed E-state index contributed by atoms with van der Waals surface area (Å²) >= 11 is 3.66. The van der Waals surface area contributed by atoms with Crippen LogP contribution in [0.3, 0.4) is 0 Å². The minimum Gasteiger partial charge on any atom is -0.467 e. The third-order valence-electron chi connectivity index (χ3n) is 3.72. The summed E-state index contributed by atoms with van der Waals surface area (Å²) < 4.78 is 13.1. The average Bonchev–Trinajstić information content (AvgIpc) is 2.59. The Morgan fingerprint density at radius 2 is 1.70 bits per heavy atom. The van der Waals surface area contributed by atoms with Crippen molar-refractivity contribution in [1.82, 2.24) is 4.57 Å². The van der Waals surface area contributed by atoms with E-state index in [9.17, 15) is 4.79 Å². The van der Waals surface area contributed by atoms with Crippen molar-refractivity contribution >= 4 is 26.7 Å². The summed E-state index contributed by atoms with van der Waals surface area (Å²) in [5, 5.41) is 1.56. The van der Waals surface area contributed by atoms with Crippen LogP contribution in [-0.2, 0) is 11.8 Å². The van der Waals surface area contributed by atoms with Gasteiger partial charge in [0.25, 0.3) is 5.56 Å². The molecular formula is C18H16BrNO3. The van der Waals surface area contributed by atoms with Crippen LogP contribution in [-0.4, -0.2) is 18.5 Å². The minimum atomic E-state index is -0.0413. The molecule has 5 heteroatoms. The molecule has 23 heavy (non-hydrogen) atoms. The van der Waals surface area contributed by atoms with E-state index >= 15 is 0 Å². The van der Waals surface area contributed by atoms with Crippen LogP contribution in [0, 0.1) is 0 Å². The van der Waals surface area contributed by atoms with E-state index in [1.54, 1.807) is 18.7 Å². The van der Waals surface area contributed by atoms with Crippen molar-refractivity contribution in [2.24, 2.45) is 7.05 Å². The van der Waals surface area contributed by atoms with Gasteiger partial charge in [0.15, 0.2) is 6.79 Å². The number of methoxy groups -OCH3 is 1. The van der Waals surface area contributed by atoms with Crippen molar-refractivity contribution in [3.8, 4) is 17.0 Å². The zero-order valence-electron chi connectivity index (χ0n) is 12.9. The maximum absolute atomic E-state index is 12.7. The first kappa shape index (κ1) is 15.8. The Labute approximate surface area is 142 Å². The van der Waals surface area contributed by atoms with E-state index in [1.165, 1.54) is 0 Å². The Bertz CT molecular complexity index is 918. The fraction of sp³-hybridized carbons (Fsp3) is 0.167. The molecule has 0 N–H and O–H groups in total. The molecule has 3 rings (SSSR count). The van der Waals surface area contributed by atoms with Gasteiger partial charge in [-0.25, -0.2) is 0 Å². The van der Waals surface area contributed by atoms with Crippen LogP contribution in [0.1, 0.15) is 0 Å². The monoisotopic (exact) mass is 373 g/mol. The first-order valence-electron chi connectivity index (χ1n) is 7.13. The molecule has 0 aliphatic carbocycles. The maximum atomic E-state index is 12.7. The predicted molar refractivity (Wildman–Crippen MR) is 94.8 cm³/mol. The number of hydrogen-bond donors (Lipinski definition) is 0. The summed E-state index contributed by atoms with van der Waals surface area (Å²) in [6.45, 7) is 0.149. The number of halogens is 1. The summed E-state index contributed by atoms with van der Waals surface area (Å²) in [5.74, 6) is 0.667. The molecule has 2 aromatic carbocycles. The zero-order valence-corrected chi connectivity index (χ0v) is 14.5. The van der Waals surface area contributed by atoms with Crippen molar-refractivity contribution in [2.45, 2.75) is 0 Å². The first-order valence-corrected chi connectivity index (χ1v) is 7.92. The molecule has 4 nitrogen and oxygen atoms in total. The molecule has 0 radical (unpaired) electrons. The van der Waals surface area contributed by atoms with Gasteiger partial charge in [-0.05, 0) is 34.1 Å². The molecule has 0 aliphatic heterocycles. The Balaban J connectivity index is 2.31. The predicted octanol–water partition coefficient (Wildman–Crippen LogP) is 3.95. The van der Waals surface area contributed by atoms with Gasteiger partial charge in [-0.1, -0.05) is 30.3 Å². The highest BCUT2D eigenvalue weighted by Crippen LogP contribution is 2.37. The second-order valence-corrected chi connectivity index (χ2v) is 5.91. The lowest BCUT2D eigenvalue weighted by atomic mass is 10.1. The van der Waals surface area contributed by atoms with Crippen LogP contribution in [0.2, 0.25) is 0 Å². The Morgan fingerprint density at radius 1 is 1.04 bits per heavy atom. The van der Waals surface area contributed by atoms with Gasteiger partial charge in [0.1, 0.15) is 5.75 Å². The standard InChI is InChI=1S/C18H16BrNO3/c1-20-17(14-9-5-6-10-15(14)23-11-22-2)16(19)12-7-3-4-8-13(12)18(20)21/h3-10H,11H2,1-2H3. The van der Waals surface area contributed by atoms with Gasteiger partial charge >= 0.3 is 0 Å². The van der Waals surface area contributed by atoms with Crippen LogP contribution in [0.25, 0.3) is 22.0 Å². The van der Waals surface area contributed by atoms with Crippen molar-refractivity contribution in [1.29, 1.82) is 0 Å². The SMILES string of the molecule is COCOc1ccccc1-c1c(Br)c2ccccc2c(=O)n1C. The molecule has 0 fully saturated rings. The van der Waals surface area contributed by atoms with Crippen molar-refractivity contribution in [3.63, 3.8) is 0 Å². The minimum absolute atomic E-state index is 0.0413. The smallest absolute Gasteiger partial charge is 0.258 e. The summed E-state index contributed by atoms with van der Waals surface area (Å²) in [4.78, 5) is 12.7. The molecule has 0 spiro atoms. The quantitative estimate of drug-likeness (QED) is 0.650. The van der Waals surface area contributed by atoms with Crippen molar-refractivity contribution in [3.05, 3.63) is 63.4 Å². The number of nitrogens with zero attached hydrogens (tertiary/aromatic N) is 1. The number of benzene rings is 2. The number of hydrogen-bond acceptors (Lipinski definition) is 3. The van der Waals surface area contributed by atoms with E-state index in [2.05, 4.69) is 15.9 Å². The molecule has 0 amide bonds. The Morgan fingerprint density at radius 3 is 2.43 bits per heavy atom. The highest BCUT2D eigenvalue weighted by atomic mass is 79.9. The molecule has 3 aromatic rings. The van der Waals surface area contributed by atoms with Gasteiger partial charge in [-0.2, -0.15) is 0 Å². The van der Waals surface area contributed by atoms with E-state index in [-0.39, 0.29) is 12.4 Å². The highest BCUT2D eigenvalue weighted by molar-refractivity contribution is 9.10. The van der Waals surface area contributed by atoms with Gasteiger partial charge in [-0.15, -0.1) is 0 Å². The van der Waals surface area contributed by atoms with Crippen molar-refractivity contribution in [2.75, 3.05) is 13.9 Å². The third-order valence-corrected chi connectivity index (χ3v) is 4.52. The molecular weight excluding hydrogens is 358 g/mol. The molecule has 0 saturated carbocycles. The molecule has 118 valence electrons. The largest absolute Gasteiger partial charge is 0.467 e. The molecule has 0 bridgehead atoms. The summed E-state index contributed by atoms with van der Waals surface area (Å²) in [6.07, 6.45) is 0. The summed E-state index contributed by atoms with van der Waals surface area (Å²) in [7, 11) is 3.34. The van der Waals surface area contributed by atoms with Gasteiger partial charge in [0, 0.05) is 30.5 Å². The number of aromatic nitrogens is 1. The number of fused-ring (bicyclic) bond motifs is 1. The molecule has 1 aromatic heterocycles. The number of ether oxygens (including phenoxy) is 2. The molecule has 0 saturated heterocycles. The lowest BCUT2D eigenvalue weighted by Crippen LogP contribution is -2.19. The van der Waals surface area contributed by atoms with E-state index in [0.717, 1.165) is 21.1 Å². The average molecular weight is 374 g/mol. The van der Waals surface area contributed by atoms with Gasteiger partial charge in [0.05, 0.1) is 10.2 Å². The highest BCUT2D eigenvalue weighted by Gasteiger charge is 2.17. The van der Waals surface area contributed by atoms with E-state index < -0.39 is 0 Å². The number of pyridine rings is 1. The lowest BCUT2D eigenvalue weighted by molar-refractivity contribution is 0.0515. The normalized spacial score (nSPS) is 10.9. The molecule has 0 aliphatic rings. The topological polar surface area (TPSA) is 40.5 Å². The summed E-state index contributed by atoms with van der Waals surface area (Å²) in [6, 6.07) is 15.2. The second-order valence-electron chi connectivity index (χ2n) is 5.12. The van der Waals surface area contributed by atoms with Crippen LogP contribution in [0.4, 0.5) is 0 Å². The molecule has 0 unspecified atom stereocenters. The van der Waals surface area contributed by atoms with Crippen LogP contribution >= 0.6 is 15.9 Å². The molecule has 0 atom stereocenters. The Hall–Kier alpha value is -2.11. The van der Waals surface area contributed by atoms with Crippen LogP contribution in [0.15, 0.2) is 57.8 Å². The fourth-order valence-electron chi connectivity index (χ4n) is 2.63. The van der Waals surface area contributed by atoms with Gasteiger partial charge in [0.2, 0.25) is 0 Å². The number of para-hydroxylation sites is 1. The first-order chi connectivity index (χ1) is 11.1. The Kier molecular flexibility index (Phi) is 4.50. The van der Waals surface area contributed by atoms with Crippen molar-refractivity contribution < 1.29 is 9.47 Å². The third kappa shape index (κ3) is 2.78. The van der Waals surface area contributed by atoms with Gasteiger partial charge in [-0.3, -0.25) is 4.79 Å². The second kappa shape index (κ2) is 6.56. The number of rotatable bonds is 4.